The second-order valence-electron chi connectivity index (χ2n) is 5.85. The Hall–Kier alpha value is -0.673. The van der Waals surface area contributed by atoms with Crippen molar-refractivity contribution in [3.63, 3.8) is 0 Å². The van der Waals surface area contributed by atoms with Gasteiger partial charge in [0.25, 0.3) is 0 Å². The Morgan fingerprint density at radius 2 is 1.94 bits per heavy atom. The molecule has 1 aromatic heterocycles. The van der Waals surface area contributed by atoms with Crippen LogP contribution in [0, 0.1) is 6.92 Å². The number of aromatic nitrogens is 1. The van der Waals surface area contributed by atoms with Crippen molar-refractivity contribution < 1.29 is 4.43 Å². The van der Waals surface area contributed by atoms with Gasteiger partial charge < -0.3 is 4.43 Å². The van der Waals surface area contributed by atoms with Gasteiger partial charge in [-0.05, 0) is 42.2 Å². The molecule has 3 heteroatoms. The van der Waals surface area contributed by atoms with E-state index in [-0.39, 0.29) is 5.04 Å². The second kappa shape index (κ2) is 4.68. The van der Waals surface area contributed by atoms with E-state index in [0.717, 1.165) is 0 Å². The molecule has 0 aliphatic carbocycles. The van der Waals surface area contributed by atoms with Crippen molar-refractivity contribution in [2.45, 2.75) is 52.4 Å². The Balaban J connectivity index is 2.69. The number of nitrogens with zero attached hydrogens (tertiary/aromatic N) is 1. The first-order valence-electron chi connectivity index (χ1n) is 5.77. The van der Waals surface area contributed by atoms with Crippen molar-refractivity contribution in [1.82, 2.24) is 4.98 Å². The fraction of sp³-hybridized carbons (Fsp3) is 0.615. The molecule has 0 aliphatic heterocycles. The van der Waals surface area contributed by atoms with Crippen LogP contribution in [0.3, 0.4) is 0 Å². The van der Waals surface area contributed by atoms with Crippen molar-refractivity contribution in [2.24, 2.45) is 0 Å². The van der Waals surface area contributed by atoms with Crippen LogP contribution < -0.4 is 0 Å². The summed E-state index contributed by atoms with van der Waals surface area (Å²) in [7, 11) is -1.64. The molecule has 2 nitrogen and oxygen atoms in total. The average molecular weight is 237 g/mol. The molecule has 0 saturated heterocycles. The highest BCUT2D eigenvalue weighted by molar-refractivity contribution is 6.74. The van der Waals surface area contributed by atoms with Gasteiger partial charge in [-0.2, -0.15) is 0 Å². The van der Waals surface area contributed by atoms with Crippen LogP contribution in [0.4, 0.5) is 0 Å². The zero-order chi connectivity index (χ0) is 12.4. The standard InChI is InChI=1S/C13H23NOSi/c1-11-7-8-14-9-12(11)10-15-16(5,6)13(2,3)4/h7-9H,10H2,1-6H3. The van der Waals surface area contributed by atoms with Gasteiger partial charge in [0.15, 0.2) is 8.32 Å². The Labute approximate surface area is 100 Å². The molecule has 0 bridgehead atoms. The predicted octanol–water partition coefficient (Wildman–Crippen LogP) is 3.91. The SMILES string of the molecule is Cc1ccncc1CO[Si](C)(C)C(C)(C)C. The van der Waals surface area contributed by atoms with Gasteiger partial charge in [0, 0.05) is 12.4 Å². The summed E-state index contributed by atoms with van der Waals surface area (Å²) in [6, 6.07) is 2.03. The molecule has 1 aromatic rings. The van der Waals surface area contributed by atoms with Crippen LogP contribution in [0.15, 0.2) is 18.5 Å². The molecular weight excluding hydrogens is 214 g/mol. The summed E-state index contributed by atoms with van der Waals surface area (Å²) >= 11 is 0. The predicted molar refractivity (Wildman–Crippen MR) is 71.0 cm³/mol. The quantitative estimate of drug-likeness (QED) is 0.744. The number of hydrogen-bond acceptors (Lipinski definition) is 2. The number of aryl methyl sites for hydroxylation is 1. The molecule has 16 heavy (non-hydrogen) atoms. The van der Waals surface area contributed by atoms with E-state index in [1.165, 1.54) is 11.1 Å². The summed E-state index contributed by atoms with van der Waals surface area (Å²) in [5.41, 5.74) is 2.46. The number of pyridine rings is 1. The molecule has 0 aliphatic rings. The smallest absolute Gasteiger partial charge is 0.192 e. The van der Waals surface area contributed by atoms with Crippen LogP contribution in [0.2, 0.25) is 18.1 Å². The molecule has 1 heterocycles. The molecule has 90 valence electrons. The molecule has 0 atom stereocenters. The normalized spacial score (nSPS) is 12.9. The molecule has 0 N–H and O–H groups in total. The number of rotatable bonds is 3. The summed E-state index contributed by atoms with van der Waals surface area (Å²) in [5.74, 6) is 0. The monoisotopic (exact) mass is 237 g/mol. The summed E-state index contributed by atoms with van der Waals surface area (Å²) < 4.78 is 6.16. The lowest BCUT2D eigenvalue weighted by atomic mass is 10.2. The summed E-state index contributed by atoms with van der Waals surface area (Å²) in [4.78, 5) is 4.14. The van der Waals surface area contributed by atoms with Gasteiger partial charge in [0.2, 0.25) is 0 Å². The lowest BCUT2D eigenvalue weighted by Gasteiger charge is -2.36. The third-order valence-electron chi connectivity index (χ3n) is 3.54. The van der Waals surface area contributed by atoms with Crippen LogP contribution in [0.5, 0.6) is 0 Å². The molecule has 0 fully saturated rings. The van der Waals surface area contributed by atoms with Crippen molar-refractivity contribution >= 4 is 8.32 Å². The second-order valence-corrected chi connectivity index (χ2v) is 10.7. The van der Waals surface area contributed by atoms with Crippen molar-refractivity contribution in [2.75, 3.05) is 0 Å². The first-order chi connectivity index (χ1) is 7.24. The van der Waals surface area contributed by atoms with Crippen LogP contribution in [-0.4, -0.2) is 13.3 Å². The summed E-state index contributed by atoms with van der Waals surface area (Å²) in [5, 5.41) is 0.267. The van der Waals surface area contributed by atoms with E-state index >= 15 is 0 Å². The Kier molecular flexibility index (Phi) is 3.91. The Morgan fingerprint density at radius 3 is 2.44 bits per heavy atom. The molecule has 0 unspecified atom stereocenters. The molecule has 0 amide bonds. The molecule has 0 radical (unpaired) electrons. The average Bonchev–Trinajstić information content (AvgIpc) is 2.15. The lowest BCUT2D eigenvalue weighted by Crippen LogP contribution is -2.40. The van der Waals surface area contributed by atoms with Crippen LogP contribution >= 0.6 is 0 Å². The maximum Gasteiger partial charge on any atom is 0.192 e. The third-order valence-corrected chi connectivity index (χ3v) is 8.02. The summed E-state index contributed by atoms with van der Waals surface area (Å²) in [6.45, 7) is 14.1. The minimum Gasteiger partial charge on any atom is -0.412 e. The van der Waals surface area contributed by atoms with E-state index in [2.05, 4.69) is 45.8 Å². The number of hydrogen-bond donors (Lipinski definition) is 0. The topological polar surface area (TPSA) is 22.1 Å². The highest BCUT2D eigenvalue weighted by Crippen LogP contribution is 2.37. The first-order valence-corrected chi connectivity index (χ1v) is 8.68. The van der Waals surface area contributed by atoms with Crippen molar-refractivity contribution in [3.05, 3.63) is 29.6 Å². The molecular formula is C13H23NOSi. The Bertz CT molecular complexity index is 355. The minimum absolute atomic E-state index is 0.267. The maximum absolute atomic E-state index is 6.16. The van der Waals surface area contributed by atoms with E-state index in [1.54, 1.807) is 0 Å². The zero-order valence-corrected chi connectivity index (χ0v) is 12.3. The maximum atomic E-state index is 6.16. The molecule has 0 saturated carbocycles. The molecule has 1 rings (SSSR count). The van der Waals surface area contributed by atoms with Gasteiger partial charge >= 0.3 is 0 Å². The fourth-order valence-corrected chi connectivity index (χ4v) is 2.07. The zero-order valence-electron chi connectivity index (χ0n) is 11.3. The van der Waals surface area contributed by atoms with Crippen LogP contribution in [-0.2, 0) is 11.0 Å². The van der Waals surface area contributed by atoms with Gasteiger partial charge in [-0.15, -0.1) is 0 Å². The van der Waals surface area contributed by atoms with Gasteiger partial charge in [0.1, 0.15) is 0 Å². The summed E-state index contributed by atoms with van der Waals surface area (Å²) in [6.07, 6.45) is 3.73. The van der Waals surface area contributed by atoms with Crippen molar-refractivity contribution in [1.29, 1.82) is 0 Å². The van der Waals surface area contributed by atoms with E-state index in [1.807, 2.05) is 18.5 Å². The fourth-order valence-electron chi connectivity index (χ4n) is 1.12. The first kappa shape index (κ1) is 13.4. The van der Waals surface area contributed by atoms with Gasteiger partial charge in [0.05, 0.1) is 6.61 Å². The molecule has 0 aromatic carbocycles. The van der Waals surface area contributed by atoms with Gasteiger partial charge in [-0.1, -0.05) is 20.8 Å². The van der Waals surface area contributed by atoms with E-state index in [0.29, 0.717) is 6.61 Å². The van der Waals surface area contributed by atoms with Gasteiger partial charge in [-0.25, -0.2) is 0 Å². The molecule has 0 spiro atoms. The highest BCUT2D eigenvalue weighted by Gasteiger charge is 2.37. The lowest BCUT2D eigenvalue weighted by molar-refractivity contribution is 0.275. The minimum atomic E-state index is -1.64. The van der Waals surface area contributed by atoms with Gasteiger partial charge in [-0.3, -0.25) is 4.98 Å². The van der Waals surface area contributed by atoms with E-state index < -0.39 is 8.32 Å². The van der Waals surface area contributed by atoms with Crippen LogP contribution in [0.1, 0.15) is 31.9 Å². The van der Waals surface area contributed by atoms with E-state index in [9.17, 15) is 0 Å². The highest BCUT2D eigenvalue weighted by atomic mass is 28.4. The van der Waals surface area contributed by atoms with Crippen LogP contribution in [0.25, 0.3) is 0 Å². The van der Waals surface area contributed by atoms with E-state index in [4.69, 9.17) is 4.43 Å². The third kappa shape index (κ3) is 3.16. The largest absolute Gasteiger partial charge is 0.412 e. The Morgan fingerprint density at radius 1 is 1.31 bits per heavy atom. The van der Waals surface area contributed by atoms with Crippen molar-refractivity contribution in [3.8, 4) is 0 Å².